The van der Waals surface area contributed by atoms with E-state index in [0.717, 1.165) is 6.16 Å². The van der Waals surface area contributed by atoms with Gasteiger partial charge in [-0.05, 0) is 116 Å². The fourth-order valence-electron chi connectivity index (χ4n) is 7.55. The smallest absolute Gasteiger partial charge is 0.00142 e. The Labute approximate surface area is 291 Å². The van der Waals surface area contributed by atoms with Gasteiger partial charge in [0.1, 0.15) is 0 Å². The normalized spacial score (nSPS) is 11.4. The molecular weight excluding hydrogens is 608 g/mol. The summed E-state index contributed by atoms with van der Waals surface area (Å²) in [6, 6.07) is 63.1. The van der Waals surface area contributed by atoms with Gasteiger partial charge in [-0.15, -0.1) is 0 Å². The highest BCUT2D eigenvalue weighted by Crippen LogP contribution is 2.48. The summed E-state index contributed by atoms with van der Waals surface area (Å²) in [6.45, 7) is 6.75. The van der Waals surface area contributed by atoms with Crippen LogP contribution < -0.4 is 10.6 Å². The summed E-state index contributed by atoms with van der Waals surface area (Å²) >= 11 is 0. The van der Waals surface area contributed by atoms with Crippen LogP contribution in [0.1, 0.15) is 22.3 Å². The van der Waals surface area contributed by atoms with E-state index >= 15 is 0 Å². The van der Waals surface area contributed by atoms with E-state index in [1.54, 1.807) is 0 Å². The molecule has 1 heteroatoms. The van der Waals surface area contributed by atoms with Crippen molar-refractivity contribution < 1.29 is 0 Å². The molecule has 0 bridgehead atoms. The summed E-state index contributed by atoms with van der Waals surface area (Å²) < 4.78 is 0. The van der Waals surface area contributed by atoms with Gasteiger partial charge in [0.25, 0.3) is 0 Å². The molecule has 0 radical (unpaired) electrons. The number of hydrogen-bond donors (Lipinski definition) is 0. The van der Waals surface area contributed by atoms with Crippen molar-refractivity contribution in [2.45, 2.75) is 26.9 Å². The highest BCUT2D eigenvalue weighted by molar-refractivity contribution is 7.72. The van der Waals surface area contributed by atoms with Gasteiger partial charge >= 0.3 is 0 Å². The maximum atomic E-state index is 2.42. The Morgan fingerprint density at radius 2 is 0.776 bits per heavy atom. The fourth-order valence-corrected chi connectivity index (χ4v) is 10.3. The number of fused-ring (bicyclic) bond motifs is 2. The van der Waals surface area contributed by atoms with Gasteiger partial charge in [-0.2, -0.15) is 0 Å². The molecular formula is C48H39P. The van der Waals surface area contributed by atoms with E-state index in [9.17, 15) is 0 Å². The lowest BCUT2D eigenvalue weighted by atomic mass is 9.88. The van der Waals surface area contributed by atoms with Crippen LogP contribution in [0.2, 0.25) is 0 Å². The average molecular weight is 647 g/mol. The molecule has 8 aromatic rings. The molecule has 0 aliphatic rings. The van der Waals surface area contributed by atoms with Crippen molar-refractivity contribution in [3.8, 4) is 33.4 Å². The van der Waals surface area contributed by atoms with Crippen molar-refractivity contribution in [1.29, 1.82) is 0 Å². The maximum Gasteiger partial charge on any atom is 0.00142 e. The van der Waals surface area contributed by atoms with Crippen LogP contribution in [0.5, 0.6) is 0 Å². The molecule has 8 aromatic carbocycles. The van der Waals surface area contributed by atoms with Gasteiger partial charge in [0, 0.05) is 6.16 Å². The van der Waals surface area contributed by atoms with Crippen LogP contribution in [-0.4, -0.2) is 0 Å². The summed E-state index contributed by atoms with van der Waals surface area (Å²) in [4.78, 5) is 0. The molecule has 0 fully saturated rings. The van der Waals surface area contributed by atoms with E-state index in [-0.39, 0.29) is 0 Å². The summed E-state index contributed by atoms with van der Waals surface area (Å²) in [5, 5.41) is 8.01. The van der Waals surface area contributed by atoms with E-state index in [0.29, 0.717) is 0 Å². The van der Waals surface area contributed by atoms with Crippen molar-refractivity contribution in [2.24, 2.45) is 0 Å². The minimum absolute atomic E-state index is 0.856. The van der Waals surface area contributed by atoms with Crippen molar-refractivity contribution in [3.63, 3.8) is 0 Å². The second-order valence-electron chi connectivity index (χ2n) is 13.0. The maximum absolute atomic E-state index is 2.42. The summed E-state index contributed by atoms with van der Waals surface area (Å²) in [5.41, 5.74) is 13.3. The molecule has 0 saturated heterocycles. The minimum Gasteiger partial charge on any atom is -0.0620 e. The highest BCUT2D eigenvalue weighted by atomic mass is 31.1. The van der Waals surface area contributed by atoms with Crippen molar-refractivity contribution in [1.82, 2.24) is 0 Å². The molecule has 0 unspecified atom stereocenters. The van der Waals surface area contributed by atoms with Crippen molar-refractivity contribution in [3.05, 3.63) is 192 Å². The Balaban J connectivity index is 1.43. The molecule has 49 heavy (non-hydrogen) atoms. The SMILES string of the molecule is Cc1ccccc1-c1ccccc1P(Cc1ccc2ccccc2c1-c1c(C)ccc2ccccc12)c1ccccc1-c1ccccc1C. The summed E-state index contributed by atoms with van der Waals surface area (Å²) in [7, 11) is -0.856. The zero-order valence-corrected chi connectivity index (χ0v) is 29.2. The molecule has 8 rings (SSSR count). The highest BCUT2D eigenvalue weighted by Gasteiger charge is 2.25. The van der Waals surface area contributed by atoms with Gasteiger partial charge in [-0.25, -0.2) is 0 Å². The van der Waals surface area contributed by atoms with Crippen LogP contribution in [0.15, 0.2) is 170 Å². The first-order valence-electron chi connectivity index (χ1n) is 17.2. The van der Waals surface area contributed by atoms with Crippen LogP contribution >= 0.6 is 7.92 Å². The monoisotopic (exact) mass is 646 g/mol. The van der Waals surface area contributed by atoms with E-state index in [4.69, 9.17) is 0 Å². The third kappa shape index (κ3) is 5.78. The zero-order valence-electron chi connectivity index (χ0n) is 28.3. The first kappa shape index (κ1) is 31.0. The van der Waals surface area contributed by atoms with Gasteiger partial charge in [0.2, 0.25) is 0 Å². The quantitative estimate of drug-likeness (QED) is 0.151. The molecule has 0 spiro atoms. The molecule has 0 aliphatic heterocycles. The Morgan fingerprint density at radius 1 is 0.347 bits per heavy atom. The lowest BCUT2D eigenvalue weighted by molar-refractivity contribution is 1.40. The standard InChI is InChI=1S/C48H39P/c1-33-16-4-8-20-39(33)43-24-12-14-26-45(43)49(46-27-15-13-25-44(46)40-21-9-5-17-34(40)2)32-38-31-30-37-19-7-11-23-42(37)48(38)47-35(3)28-29-36-18-6-10-22-41(36)47/h4-31H,32H2,1-3H3. The van der Waals surface area contributed by atoms with Gasteiger partial charge < -0.3 is 0 Å². The Morgan fingerprint density at radius 3 is 1.33 bits per heavy atom. The van der Waals surface area contributed by atoms with Crippen LogP contribution in [0, 0.1) is 20.8 Å². The molecule has 236 valence electrons. The molecule has 0 saturated carbocycles. The predicted octanol–water partition coefficient (Wildman–Crippen LogP) is 12.6. The Hall–Kier alpha value is -5.29. The molecule has 0 heterocycles. The van der Waals surface area contributed by atoms with Gasteiger partial charge in [0.15, 0.2) is 0 Å². The number of benzene rings is 8. The van der Waals surface area contributed by atoms with Crippen LogP contribution in [-0.2, 0) is 6.16 Å². The van der Waals surface area contributed by atoms with Crippen LogP contribution in [0.25, 0.3) is 54.9 Å². The summed E-state index contributed by atoms with van der Waals surface area (Å²) in [6.07, 6.45) is 0.921. The first-order valence-corrected chi connectivity index (χ1v) is 18.7. The third-order valence-electron chi connectivity index (χ3n) is 9.99. The predicted molar refractivity (Wildman–Crippen MR) is 215 cm³/mol. The second kappa shape index (κ2) is 13.3. The van der Waals surface area contributed by atoms with Gasteiger partial charge in [-0.3, -0.25) is 0 Å². The third-order valence-corrected chi connectivity index (χ3v) is 12.6. The fraction of sp³-hybridized carbons (Fsp3) is 0.0833. The number of rotatable bonds is 7. The molecule has 0 nitrogen and oxygen atoms in total. The lowest BCUT2D eigenvalue weighted by Crippen LogP contribution is -2.18. The Bertz CT molecular complexity index is 2380. The van der Waals surface area contributed by atoms with Gasteiger partial charge in [0.05, 0.1) is 0 Å². The lowest BCUT2D eigenvalue weighted by Gasteiger charge is -2.27. The largest absolute Gasteiger partial charge is 0.0620 e. The topological polar surface area (TPSA) is 0 Å². The van der Waals surface area contributed by atoms with Crippen molar-refractivity contribution >= 4 is 40.1 Å². The first-order chi connectivity index (χ1) is 24.1. The molecule has 0 atom stereocenters. The molecule has 0 aliphatic carbocycles. The molecule has 0 amide bonds. The number of hydrogen-bond acceptors (Lipinski definition) is 0. The van der Waals surface area contributed by atoms with E-state index in [1.165, 1.54) is 87.8 Å². The van der Waals surface area contributed by atoms with Gasteiger partial charge in [-0.1, -0.05) is 170 Å². The second-order valence-corrected chi connectivity index (χ2v) is 15.2. The van der Waals surface area contributed by atoms with Crippen LogP contribution in [0.4, 0.5) is 0 Å². The van der Waals surface area contributed by atoms with E-state index < -0.39 is 7.92 Å². The van der Waals surface area contributed by atoms with Crippen LogP contribution in [0.3, 0.4) is 0 Å². The molecule has 0 aromatic heterocycles. The van der Waals surface area contributed by atoms with E-state index in [1.807, 2.05) is 0 Å². The number of aryl methyl sites for hydroxylation is 3. The minimum atomic E-state index is -0.856. The zero-order chi connectivity index (χ0) is 33.3. The Kier molecular flexibility index (Phi) is 8.42. The van der Waals surface area contributed by atoms with Crippen molar-refractivity contribution in [2.75, 3.05) is 0 Å². The average Bonchev–Trinajstić information content (AvgIpc) is 3.14. The van der Waals surface area contributed by atoms with E-state index in [2.05, 4.69) is 191 Å². The molecule has 0 N–H and O–H groups in total. The summed E-state index contributed by atoms with van der Waals surface area (Å²) in [5.74, 6) is 0.